The Morgan fingerprint density at radius 2 is 1.92 bits per heavy atom. The summed E-state index contributed by atoms with van der Waals surface area (Å²) in [5.41, 5.74) is 1.93. The molecule has 2 saturated heterocycles. The Morgan fingerprint density at radius 1 is 1.14 bits per heavy atom. The fraction of sp³-hybridized carbons (Fsp3) is 0.483. The number of ether oxygens (including phenoxy) is 2. The van der Waals surface area contributed by atoms with Gasteiger partial charge in [0.2, 0.25) is 11.8 Å². The van der Waals surface area contributed by atoms with Crippen LogP contribution in [0.3, 0.4) is 0 Å². The van der Waals surface area contributed by atoms with E-state index in [0.29, 0.717) is 32.2 Å². The minimum Gasteiger partial charge on any atom is -0.497 e. The molecule has 0 N–H and O–H groups in total. The molecule has 2 aliphatic heterocycles. The third kappa shape index (κ3) is 6.72. The number of nitrogens with zero attached hydrogens (tertiary/aromatic N) is 3. The lowest BCUT2D eigenvalue weighted by atomic mass is 9.84. The molecule has 2 aliphatic rings. The van der Waals surface area contributed by atoms with Crippen molar-refractivity contribution in [3.05, 3.63) is 66.0 Å². The summed E-state index contributed by atoms with van der Waals surface area (Å²) in [6.45, 7) is 2.67. The lowest BCUT2D eigenvalue weighted by molar-refractivity contribution is -0.141. The first kappa shape index (κ1) is 25.9. The minimum atomic E-state index is 0.00934. The molecule has 7 nitrogen and oxygen atoms in total. The van der Waals surface area contributed by atoms with Gasteiger partial charge >= 0.3 is 0 Å². The van der Waals surface area contributed by atoms with E-state index in [-0.39, 0.29) is 23.8 Å². The van der Waals surface area contributed by atoms with Gasteiger partial charge in [0.05, 0.1) is 12.8 Å². The van der Waals surface area contributed by atoms with Crippen molar-refractivity contribution in [2.45, 2.75) is 38.1 Å². The molecule has 36 heavy (non-hydrogen) atoms. The Bertz CT molecular complexity index is 1030. The Hall–Kier alpha value is -3.19. The summed E-state index contributed by atoms with van der Waals surface area (Å²) in [5.74, 6) is 1.38. The SMILES string of the molecule is COc1cccc(CC(C2CCN(C(=O)C=Cc3ccccn3)CC2)N(C)C(=O)C2CCOCC2)c1. The van der Waals surface area contributed by atoms with Crippen LogP contribution in [0.15, 0.2) is 54.7 Å². The summed E-state index contributed by atoms with van der Waals surface area (Å²) in [7, 11) is 3.63. The van der Waals surface area contributed by atoms with Gasteiger partial charge in [-0.05, 0) is 73.9 Å². The second-order valence-electron chi connectivity index (χ2n) is 9.71. The number of pyridine rings is 1. The molecule has 0 bridgehead atoms. The number of rotatable bonds is 8. The topological polar surface area (TPSA) is 72.0 Å². The lowest BCUT2D eigenvalue weighted by Gasteiger charge is -2.41. The third-order valence-corrected chi connectivity index (χ3v) is 7.47. The van der Waals surface area contributed by atoms with Gasteiger partial charge in [-0.2, -0.15) is 0 Å². The van der Waals surface area contributed by atoms with Crippen LogP contribution < -0.4 is 4.74 Å². The van der Waals surface area contributed by atoms with Crippen molar-refractivity contribution in [3.8, 4) is 5.75 Å². The van der Waals surface area contributed by atoms with E-state index >= 15 is 0 Å². The smallest absolute Gasteiger partial charge is 0.246 e. The molecule has 0 radical (unpaired) electrons. The number of carbonyl (C=O) groups excluding carboxylic acids is 2. The van der Waals surface area contributed by atoms with Crippen molar-refractivity contribution < 1.29 is 19.1 Å². The van der Waals surface area contributed by atoms with Gasteiger partial charge in [0.25, 0.3) is 0 Å². The van der Waals surface area contributed by atoms with E-state index in [2.05, 4.69) is 17.1 Å². The van der Waals surface area contributed by atoms with Crippen molar-refractivity contribution in [2.75, 3.05) is 40.5 Å². The zero-order valence-electron chi connectivity index (χ0n) is 21.3. The number of aromatic nitrogens is 1. The number of amides is 2. The second kappa shape index (κ2) is 12.7. The molecule has 3 heterocycles. The number of benzene rings is 1. The van der Waals surface area contributed by atoms with Crippen LogP contribution in [0.4, 0.5) is 0 Å². The molecular weight excluding hydrogens is 454 g/mol. The first-order valence-electron chi connectivity index (χ1n) is 12.9. The third-order valence-electron chi connectivity index (χ3n) is 7.47. The van der Waals surface area contributed by atoms with E-state index in [1.807, 2.05) is 47.2 Å². The van der Waals surface area contributed by atoms with Gasteiger partial charge in [-0.1, -0.05) is 18.2 Å². The number of methoxy groups -OCH3 is 1. The van der Waals surface area contributed by atoms with Crippen LogP contribution in [0.1, 0.15) is 36.9 Å². The molecule has 1 unspecified atom stereocenters. The summed E-state index contributed by atoms with van der Waals surface area (Å²) >= 11 is 0. The maximum absolute atomic E-state index is 13.5. The maximum Gasteiger partial charge on any atom is 0.246 e. The summed E-state index contributed by atoms with van der Waals surface area (Å²) in [6.07, 6.45) is 9.15. The highest BCUT2D eigenvalue weighted by molar-refractivity contribution is 5.91. The molecule has 1 atom stereocenters. The van der Waals surface area contributed by atoms with Crippen molar-refractivity contribution >= 4 is 17.9 Å². The minimum absolute atomic E-state index is 0.00934. The molecule has 0 saturated carbocycles. The molecule has 4 rings (SSSR count). The number of hydrogen-bond donors (Lipinski definition) is 0. The molecule has 0 spiro atoms. The Morgan fingerprint density at radius 3 is 2.61 bits per heavy atom. The number of carbonyl (C=O) groups is 2. The van der Waals surface area contributed by atoms with E-state index < -0.39 is 0 Å². The molecule has 0 aliphatic carbocycles. The first-order chi connectivity index (χ1) is 17.5. The van der Waals surface area contributed by atoms with Crippen LogP contribution >= 0.6 is 0 Å². The summed E-state index contributed by atoms with van der Waals surface area (Å²) < 4.78 is 10.9. The fourth-order valence-electron chi connectivity index (χ4n) is 5.30. The average molecular weight is 492 g/mol. The van der Waals surface area contributed by atoms with Crippen molar-refractivity contribution in [2.24, 2.45) is 11.8 Å². The van der Waals surface area contributed by atoms with E-state index in [4.69, 9.17) is 9.47 Å². The number of piperidine rings is 1. The zero-order chi connectivity index (χ0) is 25.3. The maximum atomic E-state index is 13.5. The first-order valence-corrected chi connectivity index (χ1v) is 12.9. The van der Waals surface area contributed by atoms with Gasteiger partial charge in [-0.25, -0.2) is 0 Å². The molecule has 192 valence electrons. The Kier molecular flexibility index (Phi) is 9.11. The van der Waals surface area contributed by atoms with Gasteiger partial charge in [0, 0.05) is 57.6 Å². The van der Waals surface area contributed by atoms with Crippen LogP contribution in [-0.2, 0) is 20.7 Å². The van der Waals surface area contributed by atoms with Crippen LogP contribution in [-0.4, -0.2) is 73.1 Å². The highest BCUT2D eigenvalue weighted by Crippen LogP contribution is 2.29. The summed E-state index contributed by atoms with van der Waals surface area (Å²) in [4.78, 5) is 34.4. The van der Waals surface area contributed by atoms with Crippen molar-refractivity contribution in [1.82, 2.24) is 14.8 Å². The molecule has 7 heteroatoms. The van der Waals surface area contributed by atoms with Crippen LogP contribution in [0.25, 0.3) is 6.08 Å². The van der Waals surface area contributed by atoms with Crippen molar-refractivity contribution in [1.29, 1.82) is 0 Å². The number of likely N-dealkylation sites (N-methyl/N-ethyl adjacent to an activating group) is 1. The van der Waals surface area contributed by atoms with E-state index in [1.165, 1.54) is 0 Å². The van der Waals surface area contributed by atoms with Crippen LogP contribution in [0.5, 0.6) is 5.75 Å². The predicted molar refractivity (Wildman–Crippen MR) is 139 cm³/mol. The highest BCUT2D eigenvalue weighted by atomic mass is 16.5. The van der Waals surface area contributed by atoms with Crippen LogP contribution in [0, 0.1) is 11.8 Å². The fourth-order valence-corrected chi connectivity index (χ4v) is 5.30. The number of likely N-dealkylation sites (tertiary alicyclic amines) is 1. The molecule has 2 fully saturated rings. The Balaban J connectivity index is 1.44. The summed E-state index contributed by atoms with van der Waals surface area (Å²) in [5, 5.41) is 0. The monoisotopic (exact) mass is 491 g/mol. The zero-order valence-corrected chi connectivity index (χ0v) is 21.3. The van der Waals surface area contributed by atoms with E-state index in [1.54, 1.807) is 25.5 Å². The van der Waals surface area contributed by atoms with Gasteiger partial charge < -0.3 is 19.3 Å². The normalized spacial score (nSPS) is 18.2. The van der Waals surface area contributed by atoms with Gasteiger partial charge in [0.15, 0.2) is 0 Å². The van der Waals surface area contributed by atoms with Gasteiger partial charge in [0.1, 0.15) is 5.75 Å². The van der Waals surface area contributed by atoms with Gasteiger partial charge in [-0.3, -0.25) is 14.6 Å². The Labute approximate surface area is 214 Å². The number of hydrogen-bond acceptors (Lipinski definition) is 5. The largest absolute Gasteiger partial charge is 0.497 e. The van der Waals surface area contributed by atoms with E-state index in [9.17, 15) is 9.59 Å². The second-order valence-corrected chi connectivity index (χ2v) is 9.71. The quantitative estimate of drug-likeness (QED) is 0.525. The highest BCUT2D eigenvalue weighted by Gasteiger charge is 2.35. The summed E-state index contributed by atoms with van der Waals surface area (Å²) in [6, 6.07) is 13.8. The standard InChI is InChI=1S/C29H37N3O4/c1-31(29(34)24-13-18-36-19-14-24)27(21-22-6-5-8-26(20-22)35-2)23-11-16-32(17-12-23)28(33)10-9-25-7-3-4-15-30-25/h3-10,15,20,23-24,27H,11-14,16-19,21H2,1-2H3. The van der Waals surface area contributed by atoms with Crippen LogP contribution in [0.2, 0.25) is 0 Å². The van der Waals surface area contributed by atoms with Gasteiger partial charge in [-0.15, -0.1) is 0 Å². The lowest BCUT2D eigenvalue weighted by Crippen LogP contribution is -2.50. The molecule has 2 amide bonds. The molecule has 1 aromatic heterocycles. The molecule has 1 aromatic carbocycles. The van der Waals surface area contributed by atoms with Crippen molar-refractivity contribution in [3.63, 3.8) is 0 Å². The predicted octanol–water partition coefficient (Wildman–Crippen LogP) is 3.84. The van der Waals surface area contributed by atoms with E-state index in [0.717, 1.165) is 49.1 Å². The molecule has 2 aromatic rings. The molecular formula is C29H37N3O4. The average Bonchev–Trinajstić information content (AvgIpc) is 2.95.